The molecule has 11 heteroatoms. The minimum atomic E-state index is -3.52. The lowest BCUT2D eigenvalue weighted by atomic mass is 10.2. The Morgan fingerprint density at radius 1 is 1.28 bits per heavy atom. The summed E-state index contributed by atoms with van der Waals surface area (Å²) < 4.78 is 28.3. The quantitative estimate of drug-likeness (QED) is 0.253. The van der Waals surface area contributed by atoms with Gasteiger partial charge in [0.05, 0.1) is 0 Å². The minimum absolute atomic E-state index is 0.0184. The van der Waals surface area contributed by atoms with E-state index in [1.807, 2.05) is 30.3 Å². The molecule has 0 saturated carbocycles. The number of nitriles is 1. The Kier molecular flexibility index (Phi) is 6.48. The molecule has 0 aliphatic carbocycles. The van der Waals surface area contributed by atoms with E-state index in [0.29, 0.717) is 22.2 Å². The van der Waals surface area contributed by atoms with Crippen LogP contribution >= 0.6 is 23.1 Å². The Morgan fingerprint density at radius 2 is 2.03 bits per heavy atom. The molecular formula is C18H14N4O4S3. The van der Waals surface area contributed by atoms with E-state index in [2.05, 4.69) is 15.5 Å². The van der Waals surface area contributed by atoms with E-state index < -0.39 is 15.7 Å². The highest BCUT2D eigenvalue weighted by molar-refractivity contribution is 7.98. The minimum Gasteiger partial charge on any atom is -0.450 e. The zero-order chi connectivity index (χ0) is 20.9. The summed E-state index contributed by atoms with van der Waals surface area (Å²) in [7, 11) is -3.52. The molecule has 1 N–H and O–H groups in total. The second kappa shape index (κ2) is 9.04. The van der Waals surface area contributed by atoms with Gasteiger partial charge in [-0.15, -0.1) is 10.2 Å². The van der Waals surface area contributed by atoms with E-state index in [9.17, 15) is 18.5 Å². The number of amides is 1. The van der Waals surface area contributed by atoms with Crippen LogP contribution in [-0.2, 0) is 20.4 Å². The van der Waals surface area contributed by atoms with Gasteiger partial charge in [-0.05, 0) is 17.7 Å². The number of nitrogens with zero attached hydrogens (tertiary/aromatic N) is 3. The van der Waals surface area contributed by atoms with Gasteiger partial charge < -0.3 is 4.42 Å². The third kappa shape index (κ3) is 5.77. The predicted octanol–water partition coefficient (Wildman–Crippen LogP) is 3.37. The smallest absolute Gasteiger partial charge is 0.268 e. The number of hydrogen-bond donors (Lipinski definition) is 1. The van der Waals surface area contributed by atoms with E-state index >= 15 is 0 Å². The lowest BCUT2D eigenvalue weighted by molar-refractivity contribution is -0.112. The molecule has 148 valence electrons. The fourth-order valence-electron chi connectivity index (χ4n) is 2.08. The van der Waals surface area contributed by atoms with Crippen LogP contribution in [0.4, 0.5) is 5.13 Å². The number of thioether (sulfide) groups is 1. The summed E-state index contributed by atoms with van der Waals surface area (Å²) in [5.41, 5.74) is 0.934. The van der Waals surface area contributed by atoms with Crippen LogP contribution in [0.5, 0.6) is 0 Å². The summed E-state index contributed by atoms with van der Waals surface area (Å²) >= 11 is 2.20. The maximum atomic E-state index is 12.3. The average molecular weight is 447 g/mol. The first kappa shape index (κ1) is 20.8. The summed E-state index contributed by atoms with van der Waals surface area (Å²) in [4.78, 5) is 12.3. The molecule has 0 atom stereocenters. The Hall–Kier alpha value is -2.94. The molecule has 0 bridgehead atoms. The molecule has 3 aromatic rings. The van der Waals surface area contributed by atoms with Crippen LogP contribution in [0.15, 0.2) is 61.9 Å². The zero-order valence-electron chi connectivity index (χ0n) is 15.0. The number of aromatic nitrogens is 2. The molecular weight excluding hydrogens is 432 g/mol. The number of benzene rings is 1. The first-order valence-corrected chi connectivity index (χ1v) is 11.8. The summed E-state index contributed by atoms with van der Waals surface area (Å²) in [5.74, 6) is 0.336. The Labute approximate surface area is 175 Å². The van der Waals surface area contributed by atoms with Crippen molar-refractivity contribution in [1.29, 1.82) is 5.26 Å². The first-order valence-electron chi connectivity index (χ1n) is 8.08. The van der Waals surface area contributed by atoms with Crippen LogP contribution in [0.25, 0.3) is 6.08 Å². The summed E-state index contributed by atoms with van der Waals surface area (Å²) in [5, 5.41) is 19.4. The molecule has 0 saturated heterocycles. The molecule has 29 heavy (non-hydrogen) atoms. The van der Waals surface area contributed by atoms with E-state index in [4.69, 9.17) is 4.42 Å². The fourth-order valence-corrected chi connectivity index (χ4v) is 4.41. The Bertz CT molecular complexity index is 1190. The van der Waals surface area contributed by atoms with Crippen LogP contribution in [0.3, 0.4) is 0 Å². The Balaban J connectivity index is 1.66. The molecule has 8 nitrogen and oxygen atoms in total. The standard InChI is InChI=1S/C18H14N4O4S3/c1-29(24,25)18-22-21-17(28-18)20-16(23)13(10-19)9-14-7-8-15(26-14)27-11-12-5-3-2-4-6-12/h2-9H,11H2,1H3,(H,20,21,23)/b13-9-. The number of rotatable bonds is 7. The van der Waals surface area contributed by atoms with Crippen LogP contribution in [0, 0.1) is 11.3 Å². The van der Waals surface area contributed by atoms with Gasteiger partial charge >= 0.3 is 0 Å². The maximum absolute atomic E-state index is 12.3. The molecule has 0 spiro atoms. The highest BCUT2D eigenvalue weighted by Gasteiger charge is 2.17. The fraction of sp³-hybridized carbons (Fsp3) is 0.111. The van der Waals surface area contributed by atoms with Crippen molar-refractivity contribution in [3.63, 3.8) is 0 Å². The van der Waals surface area contributed by atoms with Crippen molar-refractivity contribution in [2.24, 2.45) is 0 Å². The second-order valence-corrected chi connectivity index (χ2v) is 9.85. The molecule has 3 rings (SSSR count). The van der Waals surface area contributed by atoms with Crippen molar-refractivity contribution < 1.29 is 17.6 Å². The number of hydrogen-bond acceptors (Lipinski definition) is 9. The Morgan fingerprint density at radius 3 is 2.69 bits per heavy atom. The van der Waals surface area contributed by atoms with E-state index in [-0.39, 0.29) is 15.0 Å². The molecule has 0 unspecified atom stereocenters. The van der Waals surface area contributed by atoms with Crippen molar-refractivity contribution in [1.82, 2.24) is 10.2 Å². The number of carbonyl (C=O) groups is 1. The van der Waals surface area contributed by atoms with Gasteiger partial charge in [0.15, 0.2) is 5.09 Å². The zero-order valence-corrected chi connectivity index (χ0v) is 17.5. The summed E-state index contributed by atoms with van der Waals surface area (Å²) in [6.45, 7) is 0. The highest BCUT2D eigenvalue weighted by atomic mass is 32.2. The topological polar surface area (TPSA) is 126 Å². The van der Waals surface area contributed by atoms with Crippen LogP contribution < -0.4 is 5.32 Å². The summed E-state index contributed by atoms with van der Waals surface area (Å²) in [6.07, 6.45) is 2.30. The van der Waals surface area contributed by atoms with E-state index in [1.54, 1.807) is 18.2 Å². The number of anilines is 1. The molecule has 1 amide bonds. The van der Waals surface area contributed by atoms with Crippen LogP contribution in [0.2, 0.25) is 0 Å². The number of carbonyl (C=O) groups excluding carboxylic acids is 1. The van der Waals surface area contributed by atoms with Crippen molar-refractivity contribution in [3.8, 4) is 6.07 Å². The van der Waals surface area contributed by atoms with Crippen molar-refractivity contribution in [3.05, 3.63) is 59.4 Å². The third-order valence-corrected chi connectivity index (χ3v) is 6.91. The maximum Gasteiger partial charge on any atom is 0.268 e. The average Bonchev–Trinajstić information content (AvgIpc) is 3.34. The number of nitrogens with one attached hydrogen (secondary N) is 1. The first-order chi connectivity index (χ1) is 13.8. The largest absolute Gasteiger partial charge is 0.450 e. The predicted molar refractivity (Wildman–Crippen MR) is 110 cm³/mol. The highest BCUT2D eigenvalue weighted by Crippen LogP contribution is 2.26. The molecule has 2 heterocycles. The van der Waals surface area contributed by atoms with Gasteiger partial charge in [0.2, 0.25) is 19.3 Å². The third-order valence-electron chi connectivity index (χ3n) is 3.42. The van der Waals surface area contributed by atoms with Crippen molar-refractivity contribution >= 4 is 50.1 Å². The lowest BCUT2D eigenvalue weighted by Crippen LogP contribution is -2.13. The molecule has 0 radical (unpaired) electrons. The molecule has 0 aliphatic heterocycles. The van der Waals surface area contributed by atoms with E-state index in [1.165, 1.54) is 17.8 Å². The van der Waals surface area contributed by atoms with Gasteiger partial charge in [0, 0.05) is 18.1 Å². The second-order valence-electron chi connectivity index (χ2n) is 5.70. The van der Waals surface area contributed by atoms with Crippen LogP contribution in [-0.4, -0.2) is 30.8 Å². The van der Waals surface area contributed by atoms with Crippen molar-refractivity contribution in [2.45, 2.75) is 15.2 Å². The van der Waals surface area contributed by atoms with Crippen LogP contribution in [0.1, 0.15) is 11.3 Å². The van der Waals surface area contributed by atoms with Gasteiger partial charge in [-0.2, -0.15) is 5.26 Å². The van der Waals surface area contributed by atoms with Crippen molar-refractivity contribution in [2.75, 3.05) is 11.6 Å². The molecule has 0 fully saturated rings. The van der Waals surface area contributed by atoms with Gasteiger partial charge in [-0.1, -0.05) is 53.4 Å². The SMILES string of the molecule is CS(=O)(=O)c1nnc(NC(=O)/C(C#N)=C\c2ccc(SCc3ccccc3)o2)s1. The van der Waals surface area contributed by atoms with E-state index in [0.717, 1.165) is 17.6 Å². The molecule has 0 aliphatic rings. The van der Waals surface area contributed by atoms with Gasteiger partial charge in [0.1, 0.15) is 17.4 Å². The lowest BCUT2D eigenvalue weighted by Gasteiger charge is -1.99. The normalized spacial score (nSPS) is 11.8. The monoisotopic (exact) mass is 446 g/mol. The van der Waals surface area contributed by atoms with Gasteiger partial charge in [-0.25, -0.2) is 8.42 Å². The van der Waals surface area contributed by atoms with Gasteiger partial charge in [-0.3, -0.25) is 10.1 Å². The summed E-state index contributed by atoms with van der Waals surface area (Å²) in [6, 6.07) is 15.1. The molecule has 2 aromatic heterocycles. The van der Waals surface area contributed by atoms with Gasteiger partial charge in [0.25, 0.3) is 5.91 Å². The number of furan rings is 1. The molecule has 1 aromatic carbocycles. The number of sulfone groups is 1.